The van der Waals surface area contributed by atoms with Gasteiger partial charge in [-0.25, -0.2) is 0 Å². The first kappa shape index (κ1) is 19.0. The maximum absolute atomic E-state index is 11.9. The van der Waals surface area contributed by atoms with E-state index in [4.69, 9.17) is 4.52 Å². The Hall–Kier alpha value is -2.74. The minimum absolute atomic E-state index is 0.0672. The number of nitrogens with one attached hydrogen (secondary N) is 2. The van der Waals surface area contributed by atoms with Crippen LogP contribution in [-0.2, 0) is 16.1 Å². The van der Waals surface area contributed by atoms with E-state index in [0.717, 1.165) is 13.0 Å². The number of benzene rings is 1. The number of aromatic nitrogens is 2. The number of thioether (sulfide) groups is 1. The summed E-state index contributed by atoms with van der Waals surface area (Å²) < 4.78 is 7.06. The number of carbonyl (C=O) groups excluding carboxylic acids is 2. The van der Waals surface area contributed by atoms with Gasteiger partial charge in [0.25, 0.3) is 0 Å². The number of rotatable bonds is 9. The molecule has 142 valence electrons. The van der Waals surface area contributed by atoms with Crippen LogP contribution in [0, 0.1) is 6.92 Å². The van der Waals surface area contributed by atoms with E-state index in [1.54, 1.807) is 13.0 Å². The first-order valence-electron chi connectivity index (χ1n) is 8.73. The highest BCUT2D eigenvalue weighted by atomic mass is 32.2. The molecule has 0 aliphatic heterocycles. The summed E-state index contributed by atoms with van der Waals surface area (Å²) in [4.78, 5) is 23.6. The van der Waals surface area contributed by atoms with Gasteiger partial charge in [-0.05, 0) is 30.9 Å². The highest BCUT2D eigenvalue weighted by Crippen LogP contribution is 2.15. The lowest BCUT2D eigenvalue weighted by Gasteiger charge is -2.07. The molecule has 0 saturated carbocycles. The largest absolute Gasteiger partial charge is 0.360 e. The van der Waals surface area contributed by atoms with Gasteiger partial charge in [0.05, 0.1) is 11.5 Å². The lowest BCUT2D eigenvalue weighted by Crippen LogP contribution is -2.27. The van der Waals surface area contributed by atoms with Crippen LogP contribution in [-0.4, -0.2) is 39.6 Å². The zero-order valence-corrected chi connectivity index (χ0v) is 15.9. The Kier molecular flexibility index (Phi) is 6.54. The zero-order valence-electron chi connectivity index (χ0n) is 15.1. The van der Waals surface area contributed by atoms with Crippen molar-refractivity contribution in [3.8, 4) is 0 Å². The fourth-order valence-corrected chi connectivity index (χ4v) is 3.35. The Balaban J connectivity index is 1.29. The third-order valence-electron chi connectivity index (χ3n) is 3.94. The molecule has 0 aliphatic rings. The summed E-state index contributed by atoms with van der Waals surface area (Å²) in [6.07, 6.45) is 2.92. The number of carbonyl (C=O) groups is 2. The van der Waals surface area contributed by atoms with E-state index in [9.17, 15) is 9.59 Å². The van der Waals surface area contributed by atoms with Gasteiger partial charge in [-0.15, -0.1) is 11.8 Å². The molecule has 3 aromatic rings. The molecule has 7 nitrogen and oxygen atoms in total. The molecular weight excluding hydrogens is 364 g/mol. The molecule has 8 heteroatoms. The summed E-state index contributed by atoms with van der Waals surface area (Å²) in [7, 11) is 0. The molecule has 27 heavy (non-hydrogen) atoms. The Morgan fingerprint density at radius 1 is 1.19 bits per heavy atom. The highest BCUT2D eigenvalue weighted by Gasteiger charge is 2.08. The van der Waals surface area contributed by atoms with Crippen LogP contribution in [0.4, 0.5) is 5.82 Å². The van der Waals surface area contributed by atoms with E-state index in [1.807, 2.05) is 12.1 Å². The Bertz CT molecular complexity index is 918. The number of fused-ring (bicyclic) bond motifs is 1. The van der Waals surface area contributed by atoms with Crippen molar-refractivity contribution >= 4 is 40.3 Å². The van der Waals surface area contributed by atoms with Gasteiger partial charge in [-0.2, -0.15) is 0 Å². The Morgan fingerprint density at radius 2 is 2.00 bits per heavy atom. The summed E-state index contributed by atoms with van der Waals surface area (Å²) in [6, 6.07) is 12.0. The molecule has 0 radical (unpaired) electrons. The van der Waals surface area contributed by atoms with Gasteiger partial charge in [0.1, 0.15) is 5.76 Å². The number of hydrogen-bond donors (Lipinski definition) is 2. The Labute approximate surface area is 161 Å². The number of hydrogen-bond acceptors (Lipinski definition) is 5. The van der Waals surface area contributed by atoms with E-state index in [1.165, 1.54) is 22.7 Å². The van der Waals surface area contributed by atoms with E-state index in [0.29, 0.717) is 18.1 Å². The smallest absolute Gasteiger partial charge is 0.235 e. The summed E-state index contributed by atoms with van der Waals surface area (Å²) in [5.41, 5.74) is 1.20. The molecule has 0 fully saturated rings. The predicted molar refractivity (Wildman–Crippen MR) is 107 cm³/mol. The van der Waals surface area contributed by atoms with Crippen LogP contribution in [0.3, 0.4) is 0 Å². The fraction of sp³-hybridized carbons (Fsp3) is 0.316. The highest BCUT2D eigenvalue weighted by molar-refractivity contribution is 8.00. The molecule has 0 aliphatic carbocycles. The molecule has 0 unspecified atom stereocenters. The molecule has 0 spiro atoms. The van der Waals surface area contributed by atoms with Crippen molar-refractivity contribution < 1.29 is 14.1 Å². The zero-order chi connectivity index (χ0) is 19.1. The van der Waals surface area contributed by atoms with E-state index in [2.05, 4.69) is 44.8 Å². The topological polar surface area (TPSA) is 89.2 Å². The van der Waals surface area contributed by atoms with Gasteiger partial charge >= 0.3 is 0 Å². The van der Waals surface area contributed by atoms with Crippen molar-refractivity contribution in [3.63, 3.8) is 0 Å². The SMILES string of the molecule is Cc1cc(NC(=O)CSCC(=O)NCCCn2ccc3ccccc32)no1. The molecule has 2 heterocycles. The molecular formula is C19H22N4O3S. The van der Waals surface area contributed by atoms with Crippen LogP contribution in [0.2, 0.25) is 0 Å². The monoisotopic (exact) mass is 386 g/mol. The second kappa shape index (κ2) is 9.27. The normalized spacial score (nSPS) is 10.9. The quantitative estimate of drug-likeness (QED) is 0.552. The first-order valence-corrected chi connectivity index (χ1v) is 9.89. The first-order chi connectivity index (χ1) is 13.1. The minimum Gasteiger partial charge on any atom is -0.360 e. The number of anilines is 1. The second-order valence-electron chi connectivity index (χ2n) is 6.14. The van der Waals surface area contributed by atoms with Crippen LogP contribution in [0.25, 0.3) is 10.9 Å². The van der Waals surface area contributed by atoms with Crippen molar-refractivity contribution in [3.05, 3.63) is 48.4 Å². The third-order valence-corrected chi connectivity index (χ3v) is 4.87. The van der Waals surface area contributed by atoms with Gasteiger partial charge in [-0.1, -0.05) is 23.4 Å². The minimum atomic E-state index is -0.208. The molecule has 2 amide bonds. The molecule has 0 saturated heterocycles. The van der Waals surface area contributed by atoms with Crippen molar-refractivity contribution in [1.29, 1.82) is 0 Å². The standard InChI is InChI=1S/C19H22N4O3S/c1-14-11-17(22-26-14)21-19(25)13-27-12-18(24)20-8-4-9-23-10-7-15-5-2-3-6-16(15)23/h2-3,5-7,10-11H,4,8-9,12-13H2,1H3,(H,20,24)(H,21,22,25). The van der Waals surface area contributed by atoms with Gasteiger partial charge in [-0.3, -0.25) is 9.59 Å². The van der Waals surface area contributed by atoms with Crippen LogP contribution in [0.1, 0.15) is 12.2 Å². The summed E-state index contributed by atoms with van der Waals surface area (Å²) in [5, 5.41) is 10.4. The van der Waals surface area contributed by atoms with Gasteiger partial charge < -0.3 is 19.7 Å². The molecule has 1 aromatic carbocycles. The molecule has 0 atom stereocenters. The van der Waals surface area contributed by atoms with Crippen molar-refractivity contribution in [1.82, 2.24) is 15.0 Å². The summed E-state index contributed by atoms with van der Waals surface area (Å²) in [5.74, 6) is 1.18. The summed E-state index contributed by atoms with van der Waals surface area (Å²) in [6.45, 7) is 3.21. The Morgan fingerprint density at radius 3 is 2.81 bits per heavy atom. The predicted octanol–water partition coefficient (Wildman–Crippen LogP) is 2.82. The fourth-order valence-electron chi connectivity index (χ4n) is 2.70. The maximum atomic E-state index is 11.9. The summed E-state index contributed by atoms with van der Waals surface area (Å²) >= 11 is 1.27. The average Bonchev–Trinajstić information content (AvgIpc) is 3.25. The van der Waals surface area contributed by atoms with Gasteiger partial charge in [0, 0.05) is 30.9 Å². The van der Waals surface area contributed by atoms with E-state index >= 15 is 0 Å². The van der Waals surface area contributed by atoms with Crippen LogP contribution < -0.4 is 10.6 Å². The second-order valence-corrected chi connectivity index (χ2v) is 7.12. The number of nitrogens with zero attached hydrogens (tertiary/aromatic N) is 2. The lowest BCUT2D eigenvalue weighted by molar-refractivity contribution is -0.118. The van der Waals surface area contributed by atoms with Crippen molar-refractivity contribution in [2.24, 2.45) is 0 Å². The molecule has 3 rings (SSSR count). The van der Waals surface area contributed by atoms with Crippen molar-refractivity contribution in [2.75, 3.05) is 23.4 Å². The maximum Gasteiger partial charge on any atom is 0.235 e. The van der Waals surface area contributed by atoms with Crippen molar-refractivity contribution in [2.45, 2.75) is 19.9 Å². The van der Waals surface area contributed by atoms with Crippen LogP contribution in [0.5, 0.6) is 0 Å². The third kappa shape index (κ3) is 5.62. The molecule has 0 bridgehead atoms. The van der Waals surface area contributed by atoms with Crippen LogP contribution >= 0.6 is 11.8 Å². The number of para-hydroxylation sites is 1. The molecule has 2 aromatic heterocycles. The van der Waals surface area contributed by atoms with Crippen LogP contribution in [0.15, 0.2) is 47.1 Å². The van der Waals surface area contributed by atoms with E-state index in [-0.39, 0.29) is 23.3 Å². The lowest BCUT2D eigenvalue weighted by atomic mass is 10.2. The number of amides is 2. The van der Waals surface area contributed by atoms with Gasteiger partial charge in [0.2, 0.25) is 11.8 Å². The average molecular weight is 386 g/mol. The van der Waals surface area contributed by atoms with E-state index < -0.39 is 0 Å². The molecule has 2 N–H and O–H groups in total. The number of aryl methyl sites for hydroxylation is 2. The van der Waals surface area contributed by atoms with Gasteiger partial charge in [0.15, 0.2) is 5.82 Å².